The molecule has 1 N–H and O–H groups in total. The standard InChI is InChI=1S/C19H19NO3/c1-2-22-16-9-7-15(8-10-16)20-12-11-17(21)19-13-14-5-3-4-6-18(14)23-19/h3-10,13,20H,2,11-12H2,1H3. The lowest BCUT2D eigenvalue weighted by molar-refractivity contribution is 0.0962. The number of ketones is 1. The van der Waals surface area contributed by atoms with Crippen LogP contribution in [0.2, 0.25) is 0 Å². The Bertz CT molecular complexity index is 757. The summed E-state index contributed by atoms with van der Waals surface area (Å²) in [5, 5.41) is 4.18. The summed E-state index contributed by atoms with van der Waals surface area (Å²) in [6.45, 7) is 3.17. The lowest BCUT2D eigenvalue weighted by Gasteiger charge is -2.07. The summed E-state index contributed by atoms with van der Waals surface area (Å²) >= 11 is 0. The third kappa shape index (κ3) is 3.72. The Hall–Kier alpha value is -2.75. The molecule has 2 aromatic carbocycles. The van der Waals surface area contributed by atoms with E-state index < -0.39 is 0 Å². The zero-order chi connectivity index (χ0) is 16.1. The summed E-state index contributed by atoms with van der Waals surface area (Å²) in [5.74, 6) is 1.26. The average Bonchev–Trinajstić information content (AvgIpc) is 3.01. The number of fused-ring (bicyclic) bond motifs is 1. The monoisotopic (exact) mass is 309 g/mol. The normalized spacial score (nSPS) is 10.7. The van der Waals surface area contributed by atoms with Crippen molar-refractivity contribution < 1.29 is 13.9 Å². The Labute approximate surface area is 135 Å². The molecular weight excluding hydrogens is 290 g/mol. The van der Waals surface area contributed by atoms with Gasteiger partial charge in [-0.2, -0.15) is 0 Å². The number of ether oxygens (including phenoxy) is 1. The molecule has 0 bridgehead atoms. The molecular formula is C19H19NO3. The van der Waals surface area contributed by atoms with Crippen molar-refractivity contribution in [1.29, 1.82) is 0 Å². The van der Waals surface area contributed by atoms with Gasteiger partial charge in [-0.1, -0.05) is 18.2 Å². The van der Waals surface area contributed by atoms with Crippen LogP contribution in [-0.2, 0) is 0 Å². The predicted molar refractivity (Wildman–Crippen MR) is 91.3 cm³/mol. The number of hydrogen-bond donors (Lipinski definition) is 1. The Morgan fingerprint density at radius 3 is 2.65 bits per heavy atom. The number of nitrogens with one attached hydrogen (secondary N) is 1. The van der Waals surface area contributed by atoms with Gasteiger partial charge in [-0.25, -0.2) is 0 Å². The van der Waals surface area contributed by atoms with Gasteiger partial charge in [0.2, 0.25) is 0 Å². The first-order chi connectivity index (χ1) is 11.3. The Morgan fingerprint density at radius 1 is 1.13 bits per heavy atom. The molecule has 3 rings (SSSR count). The van der Waals surface area contributed by atoms with Gasteiger partial charge in [0, 0.05) is 24.0 Å². The quantitative estimate of drug-likeness (QED) is 0.652. The molecule has 0 unspecified atom stereocenters. The summed E-state index contributed by atoms with van der Waals surface area (Å²) in [6, 6.07) is 17.1. The highest BCUT2D eigenvalue weighted by Gasteiger charge is 2.11. The molecule has 0 amide bonds. The largest absolute Gasteiger partial charge is 0.494 e. The molecule has 0 atom stereocenters. The lowest BCUT2D eigenvalue weighted by atomic mass is 10.2. The van der Waals surface area contributed by atoms with Crippen molar-refractivity contribution in [3.63, 3.8) is 0 Å². The molecule has 0 saturated carbocycles. The van der Waals surface area contributed by atoms with E-state index in [-0.39, 0.29) is 5.78 Å². The van der Waals surface area contributed by atoms with Crippen LogP contribution in [-0.4, -0.2) is 18.9 Å². The van der Waals surface area contributed by atoms with Crippen molar-refractivity contribution in [3.8, 4) is 5.75 Å². The second kappa shape index (κ2) is 7.01. The molecule has 0 aliphatic heterocycles. The van der Waals surface area contributed by atoms with E-state index in [1.54, 1.807) is 6.07 Å². The Kier molecular flexibility index (Phi) is 4.62. The molecule has 4 heteroatoms. The molecule has 4 nitrogen and oxygen atoms in total. The summed E-state index contributed by atoms with van der Waals surface area (Å²) in [6.07, 6.45) is 0.382. The van der Waals surface area contributed by atoms with Crippen molar-refractivity contribution in [3.05, 3.63) is 60.4 Å². The van der Waals surface area contributed by atoms with Crippen molar-refractivity contribution in [1.82, 2.24) is 0 Å². The second-order valence-electron chi connectivity index (χ2n) is 5.21. The molecule has 3 aromatic rings. The third-order valence-electron chi connectivity index (χ3n) is 3.55. The number of Topliss-reactive ketones (excluding diaryl/α,β-unsaturated/α-hetero) is 1. The number of anilines is 1. The highest BCUT2D eigenvalue weighted by atomic mass is 16.5. The van der Waals surface area contributed by atoms with Gasteiger partial charge in [0.05, 0.1) is 6.61 Å². The number of carbonyl (C=O) groups is 1. The molecule has 1 aromatic heterocycles. The van der Waals surface area contributed by atoms with Crippen LogP contribution in [0.3, 0.4) is 0 Å². The summed E-state index contributed by atoms with van der Waals surface area (Å²) in [7, 11) is 0. The second-order valence-corrected chi connectivity index (χ2v) is 5.21. The van der Waals surface area contributed by atoms with Gasteiger partial charge in [0.25, 0.3) is 0 Å². The summed E-state index contributed by atoms with van der Waals surface area (Å²) in [5.41, 5.74) is 1.71. The molecule has 0 radical (unpaired) electrons. The first-order valence-electron chi connectivity index (χ1n) is 7.75. The minimum Gasteiger partial charge on any atom is -0.494 e. The van der Waals surface area contributed by atoms with Gasteiger partial charge in [0.15, 0.2) is 11.5 Å². The highest BCUT2D eigenvalue weighted by molar-refractivity contribution is 5.97. The summed E-state index contributed by atoms with van der Waals surface area (Å²) in [4.78, 5) is 12.2. The van der Waals surface area contributed by atoms with E-state index in [1.165, 1.54) is 0 Å². The fourth-order valence-electron chi connectivity index (χ4n) is 2.40. The maximum absolute atomic E-state index is 12.2. The van der Waals surface area contributed by atoms with Gasteiger partial charge in [-0.15, -0.1) is 0 Å². The smallest absolute Gasteiger partial charge is 0.199 e. The SMILES string of the molecule is CCOc1ccc(NCCC(=O)c2cc3ccccc3o2)cc1. The van der Waals surface area contributed by atoms with Crippen LogP contribution in [0.25, 0.3) is 11.0 Å². The van der Waals surface area contributed by atoms with Gasteiger partial charge < -0.3 is 14.5 Å². The first kappa shape index (κ1) is 15.2. The molecule has 0 saturated heterocycles. The van der Waals surface area contributed by atoms with Crippen LogP contribution >= 0.6 is 0 Å². The fraction of sp³-hybridized carbons (Fsp3) is 0.211. The van der Waals surface area contributed by atoms with E-state index in [4.69, 9.17) is 9.15 Å². The maximum atomic E-state index is 12.2. The topological polar surface area (TPSA) is 51.5 Å². The van der Waals surface area contributed by atoms with Gasteiger partial charge >= 0.3 is 0 Å². The number of carbonyl (C=O) groups excluding carboxylic acids is 1. The van der Waals surface area contributed by atoms with Crippen molar-refractivity contribution in [2.24, 2.45) is 0 Å². The van der Waals surface area contributed by atoms with Crippen LogP contribution in [0, 0.1) is 0 Å². The minimum absolute atomic E-state index is 0.000337. The number of rotatable bonds is 7. The molecule has 1 heterocycles. The zero-order valence-electron chi connectivity index (χ0n) is 13.0. The molecule has 0 fully saturated rings. The van der Waals surface area contributed by atoms with E-state index in [2.05, 4.69) is 5.32 Å². The summed E-state index contributed by atoms with van der Waals surface area (Å²) < 4.78 is 11.0. The van der Waals surface area contributed by atoms with E-state index in [0.29, 0.717) is 25.3 Å². The van der Waals surface area contributed by atoms with Gasteiger partial charge in [-0.05, 0) is 43.3 Å². The fourth-order valence-corrected chi connectivity index (χ4v) is 2.40. The maximum Gasteiger partial charge on any atom is 0.199 e. The van der Waals surface area contributed by atoms with E-state index in [1.807, 2.05) is 55.5 Å². The molecule has 23 heavy (non-hydrogen) atoms. The van der Waals surface area contributed by atoms with Crippen LogP contribution in [0.4, 0.5) is 5.69 Å². The highest BCUT2D eigenvalue weighted by Crippen LogP contribution is 2.20. The van der Waals surface area contributed by atoms with Gasteiger partial charge in [-0.3, -0.25) is 4.79 Å². The number of hydrogen-bond acceptors (Lipinski definition) is 4. The Balaban J connectivity index is 1.54. The lowest BCUT2D eigenvalue weighted by Crippen LogP contribution is -2.08. The molecule has 0 spiro atoms. The average molecular weight is 309 g/mol. The van der Waals surface area contributed by atoms with E-state index in [0.717, 1.165) is 22.4 Å². The van der Waals surface area contributed by atoms with Gasteiger partial charge in [0.1, 0.15) is 11.3 Å². The van der Waals surface area contributed by atoms with Crippen LogP contribution in [0.15, 0.2) is 59.0 Å². The predicted octanol–water partition coefficient (Wildman–Crippen LogP) is 4.52. The number of furan rings is 1. The minimum atomic E-state index is -0.000337. The van der Waals surface area contributed by atoms with Crippen LogP contribution in [0.1, 0.15) is 23.9 Å². The van der Waals surface area contributed by atoms with E-state index in [9.17, 15) is 4.79 Å². The third-order valence-corrected chi connectivity index (χ3v) is 3.55. The molecule has 118 valence electrons. The molecule has 0 aliphatic carbocycles. The van der Waals surface area contributed by atoms with Crippen LogP contribution < -0.4 is 10.1 Å². The number of para-hydroxylation sites is 1. The molecule has 0 aliphatic rings. The van der Waals surface area contributed by atoms with Crippen molar-refractivity contribution >= 4 is 22.4 Å². The Morgan fingerprint density at radius 2 is 1.91 bits per heavy atom. The first-order valence-corrected chi connectivity index (χ1v) is 7.75. The van der Waals surface area contributed by atoms with Crippen molar-refractivity contribution in [2.45, 2.75) is 13.3 Å². The van der Waals surface area contributed by atoms with Crippen molar-refractivity contribution in [2.75, 3.05) is 18.5 Å². The van der Waals surface area contributed by atoms with E-state index >= 15 is 0 Å². The zero-order valence-corrected chi connectivity index (χ0v) is 13.0. The van der Waals surface area contributed by atoms with Crippen LogP contribution in [0.5, 0.6) is 5.75 Å². The number of benzene rings is 2.